The van der Waals surface area contributed by atoms with Gasteiger partial charge < -0.3 is 10.2 Å². The zero-order valence-electron chi connectivity index (χ0n) is 15.4. The van der Waals surface area contributed by atoms with Crippen molar-refractivity contribution in [3.63, 3.8) is 0 Å². The molecule has 3 aromatic rings. The van der Waals surface area contributed by atoms with Crippen LogP contribution in [0.4, 0.5) is 11.5 Å². The number of nitrogens with one attached hydrogen (secondary N) is 1. The Labute approximate surface area is 172 Å². The van der Waals surface area contributed by atoms with Gasteiger partial charge in [0.05, 0.1) is 17.2 Å². The number of anilines is 2. The number of nitrogens with zero attached hydrogens (tertiary/aromatic N) is 7. The molecule has 10 heteroatoms. The maximum absolute atomic E-state index is 12.8. The number of rotatable bonds is 4. The van der Waals surface area contributed by atoms with Gasteiger partial charge in [-0.1, -0.05) is 11.6 Å². The van der Waals surface area contributed by atoms with E-state index in [4.69, 9.17) is 11.6 Å². The molecule has 1 saturated heterocycles. The van der Waals surface area contributed by atoms with Crippen molar-refractivity contribution >= 4 is 29.0 Å². The Morgan fingerprint density at radius 1 is 1.24 bits per heavy atom. The van der Waals surface area contributed by atoms with Crippen LogP contribution >= 0.6 is 11.6 Å². The summed E-state index contributed by atoms with van der Waals surface area (Å²) in [7, 11) is 0. The Balaban J connectivity index is 1.49. The predicted molar refractivity (Wildman–Crippen MR) is 107 cm³/mol. The smallest absolute Gasteiger partial charge is 0.229 e. The topological polar surface area (TPSA) is 113 Å². The molecule has 1 amide bonds. The van der Waals surface area contributed by atoms with Gasteiger partial charge >= 0.3 is 0 Å². The number of carbonyl (C=O) groups is 1. The highest BCUT2D eigenvalue weighted by molar-refractivity contribution is 6.31. The van der Waals surface area contributed by atoms with Crippen molar-refractivity contribution in [1.29, 1.82) is 5.26 Å². The van der Waals surface area contributed by atoms with Crippen molar-refractivity contribution in [2.75, 3.05) is 23.3 Å². The Bertz CT molecular complexity index is 1060. The van der Waals surface area contributed by atoms with E-state index in [-0.39, 0.29) is 11.8 Å². The van der Waals surface area contributed by atoms with Crippen LogP contribution in [0.25, 0.3) is 5.82 Å². The van der Waals surface area contributed by atoms with Gasteiger partial charge in [0.2, 0.25) is 5.91 Å². The van der Waals surface area contributed by atoms with Crippen molar-refractivity contribution in [1.82, 2.24) is 24.7 Å². The molecule has 1 N–H and O–H groups in total. The van der Waals surface area contributed by atoms with Crippen LogP contribution in [0.5, 0.6) is 0 Å². The lowest BCUT2D eigenvalue weighted by atomic mass is 9.97. The minimum Gasteiger partial charge on any atom is -0.356 e. The highest BCUT2D eigenvalue weighted by Crippen LogP contribution is 2.25. The van der Waals surface area contributed by atoms with E-state index in [1.54, 1.807) is 29.2 Å². The molecule has 0 radical (unpaired) electrons. The number of hydrogen-bond donors (Lipinski definition) is 1. The first-order valence-electron chi connectivity index (χ1n) is 9.06. The van der Waals surface area contributed by atoms with Crippen molar-refractivity contribution in [2.24, 2.45) is 5.92 Å². The summed E-state index contributed by atoms with van der Waals surface area (Å²) in [6.45, 7) is 1.31. The van der Waals surface area contributed by atoms with E-state index in [0.29, 0.717) is 28.6 Å². The first-order chi connectivity index (χ1) is 14.1. The lowest BCUT2D eigenvalue weighted by Gasteiger charge is -2.33. The van der Waals surface area contributed by atoms with Crippen LogP contribution < -0.4 is 10.2 Å². The van der Waals surface area contributed by atoms with Crippen molar-refractivity contribution in [3.05, 3.63) is 53.8 Å². The third-order valence-corrected chi connectivity index (χ3v) is 5.00. The molecule has 0 spiro atoms. The number of carbonyl (C=O) groups excluding carboxylic acids is 1. The zero-order chi connectivity index (χ0) is 20.2. The third-order valence-electron chi connectivity index (χ3n) is 4.77. The summed E-state index contributed by atoms with van der Waals surface area (Å²) in [5, 5.41) is 16.6. The molecule has 4 rings (SSSR count). The summed E-state index contributed by atoms with van der Waals surface area (Å²) in [5.41, 5.74) is 0.807. The van der Waals surface area contributed by atoms with E-state index >= 15 is 0 Å². The summed E-state index contributed by atoms with van der Waals surface area (Å²) in [5.74, 6) is 0.957. The molecule has 1 fully saturated rings. The van der Waals surface area contributed by atoms with Gasteiger partial charge in [0.25, 0.3) is 0 Å². The Morgan fingerprint density at radius 3 is 2.90 bits per heavy atom. The Morgan fingerprint density at radius 2 is 2.10 bits per heavy atom. The standard InChI is InChI=1S/C19H17ClN8O/c20-15-4-3-13(8-21)16(6-15)26-19(29)14-2-1-5-27(9-14)17-7-18(24-11-23-17)28-12-22-10-25-28/h3-4,6-7,10-12,14H,1-2,5,9H2,(H,26,29). The van der Waals surface area contributed by atoms with Gasteiger partial charge in [-0.05, 0) is 31.0 Å². The van der Waals surface area contributed by atoms with Gasteiger partial charge in [0, 0.05) is 24.2 Å². The molecule has 1 unspecified atom stereocenters. The zero-order valence-corrected chi connectivity index (χ0v) is 16.1. The fourth-order valence-electron chi connectivity index (χ4n) is 3.31. The molecule has 0 saturated carbocycles. The second-order valence-corrected chi connectivity index (χ2v) is 7.09. The van der Waals surface area contributed by atoms with Crippen LogP contribution in [-0.2, 0) is 4.79 Å². The lowest BCUT2D eigenvalue weighted by Crippen LogP contribution is -2.41. The largest absolute Gasteiger partial charge is 0.356 e. The lowest BCUT2D eigenvalue weighted by molar-refractivity contribution is -0.120. The van der Waals surface area contributed by atoms with Crippen LogP contribution in [0.15, 0.2) is 43.2 Å². The van der Waals surface area contributed by atoms with Gasteiger partial charge in [-0.25, -0.2) is 19.6 Å². The molecular formula is C19H17ClN8O. The monoisotopic (exact) mass is 408 g/mol. The van der Waals surface area contributed by atoms with Gasteiger partial charge in [-0.2, -0.15) is 10.4 Å². The molecular weight excluding hydrogens is 392 g/mol. The maximum Gasteiger partial charge on any atom is 0.229 e. The molecule has 9 nitrogen and oxygen atoms in total. The average molecular weight is 409 g/mol. The van der Waals surface area contributed by atoms with Crippen LogP contribution in [0.1, 0.15) is 18.4 Å². The Kier molecular flexibility index (Phi) is 5.35. The van der Waals surface area contributed by atoms with Crippen molar-refractivity contribution in [2.45, 2.75) is 12.8 Å². The molecule has 1 aliphatic rings. The molecule has 0 bridgehead atoms. The minimum absolute atomic E-state index is 0.140. The van der Waals surface area contributed by atoms with Crippen LogP contribution in [0.2, 0.25) is 5.02 Å². The number of hydrogen-bond acceptors (Lipinski definition) is 7. The summed E-state index contributed by atoms with van der Waals surface area (Å²) in [6, 6.07) is 8.70. The van der Waals surface area contributed by atoms with E-state index in [0.717, 1.165) is 25.2 Å². The van der Waals surface area contributed by atoms with E-state index in [1.165, 1.54) is 12.7 Å². The first kappa shape index (κ1) is 18.8. The van der Waals surface area contributed by atoms with E-state index in [9.17, 15) is 10.1 Å². The summed E-state index contributed by atoms with van der Waals surface area (Å²) < 4.78 is 1.56. The molecule has 2 aromatic heterocycles. The normalized spacial score (nSPS) is 16.3. The molecule has 1 aromatic carbocycles. The molecule has 1 atom stereocenters. The number of benzene rings is 1. The second kappa shape index (κ2) is 8.24. The Hall–Kier alpha value is -3.51. The number of piperidine rings is 1. The number of nitriles is 1. The van der Waals surface area contributed by atoms with Gasteiger partial charge in [0.1, 0.15) is 30.9 Å². The summed E-state index contributed by atoms with van der Waals surface area (Å²) in [4.78, 5) is 27.4. The fourth-order valence-corrected chi connectivity index (χ4v) is 3.49. The van der Waals surface area contributed by atoms with Crippen LogP contribution in [0, 0.1) is 17.2 Å². The number of halogens is 1. The first-order valence-corrected chi connectivity index (χ1v) is 9.44. The van der Waals surface area contributed by atoms with Crippen LogP contribution in [0.3, 0.4) is 0 Å². The van der Waals surface area contributed by atoms with Crippen LogP contribution in [-0.4, -0.2) is 43.7 Å². The van der Waals surface area contributed by atoms with Crippen molar-refractivity contribution < 1.29 is 4.79 Å². The highest BCUT2D eigenvalue weighted by atomic mass is 35.5. The fraction of sp³-hybridized carbons (Fsp3) is 0.263. The van der Waals surface area contributed by atoms with E-state index in [2.05, 4.69) is 36.3 Å². The van der Waals surface area contributed by atoms with E-state index in [1.807, 2.05) is 6.07 Å². The molecule has 1 aliphatic heterocycles. The molecule has 3 heterocycles. The maximum atomic E-state index is 12.8. The predicted octanol–water partition coefficient (Wildman–Crippen LogP) is 2.44. The average Bonchev–Trinajstić information content (AvgIpc) is 3.29. The molecule has 0 aliphatic carbocycles. The highest BCUT2D eigenvalue weighted by Gasteiger charge is 2.27. The van der Waals surface area contributed by atoms with Gasteiger partial charge in [-0.3, -0.25) is 4.79 Å². The van der Waals surface area contributed by atoms with Gasteiger partial charge in [0.15, 0.2) is 5.82 Å². The second-order valence-electron chi connectivity index (χ2n) is 6.65. The SMILES string of the molecule is N#Cc1ccc(Cl)cc1NC(=O)C1CCCN(c2cc(-n3cncn3)ncn2)C1. The van der Waals surface area contributed by atoms with E-state index < -0.39 is 0 Å². The number of amides is 1. The summed E-state index contributed by atoms with van der Waals surface area (Å²) in [6.07, 6.45) is 6.08. The van der Waals surface area contributed by atoms with Gasteiger partial charge in [-0.15, -0.1) is 0 Å². The minimum atomic E-state index is -0.237. The number of aromatic nitrogens is 5. The van der Waals surface area contributed by atoms with Crippen molar-refractivity contribution in [3.8, 4) is 11.9 Å². The quantitative estimate of drug-likeness (QED) is 0.705. The third kappa shape index (κ3) is 4.17. The molecule has 29 heavy (non-hydrogen) atoms. The summed E-state index contributed by atoms with van der Waals surface area (Å²) >= 11 is 6.01. The molecule has 146 valence electrons.